The predicted molar refractivity (Wildman–Crippen MR) is 96.3 cm³/mol. The monoisotopic (exact) mass is 340 g/mol. The maximum atomic E-state index is 12.0. The Kier molecular flexibility index (Phi) is 9.03. The Morgan fingerprint density at radius 2 is 2.09 bits per heavy atom. The summed E-state index contributed by atoms with van der Waals surface area (Å²) >= 11 is 0. The second-order valence-corrected chi connectivity index (χ2v) is 6.54. The van der Waals surface area contributed by atoms with Gasteiger partial charge in [0.25, 0.3) is 0 Å². The van der Waals surface area contributed by atoms with Crippen LogP contribution >= 0.6 is 12.4 Å². The largest absolute Gasteiger partial charge is 0.493 e. The van der Waals surface area contributed by atoms with Crippen LogP contribution in [0.5, 0.6) is 5.75 Å². The van der Waals surface area contributed by atoms with Crippen LogP contribution in [0.3, 0.4) is 0 Å². The number of carbonyl (C=O) groups is 1. The Bertz CT molecular complexity index is 457. The van der Waals surface area contributed by atoms with Crippen molar-refractivity contribution in [3.63, 3.8) is 0 Å². The normalized spacial score (nSPS) is 17.4. The van der Waals surface area contributed by atoms with E-state index < -0.39 is 0 Å². The third kappa shape index (κ3) is 7.71. The fraction of sp³-hybridized carbons (Fsp3) is 0.611. The molecule has 1 heterocycles. The molecule has 0 aliphatic carbocycles. The molecule has 1 amide bonds. The van der Waals surface area contributed by atoms with Crippen LogP contribution in [0.2, 0.25) is 0 Å². The Morgan fingerprint density at radius 3 is 2.70 bits per heavy atom. The summed E-state index contributed by atoms with van der Waals surface area (Å²) in [6.07, 6.45) is 2.85. The van der Waals surface area contributed by atoms with Crippen molar-refractivity contribution in [2.75, 3.05) is 26.2 Å². The number of benzene rings is 1. The molecule has 1 unspecified atom stereocenters. The molecule has 1 aromatic rings. The van der Waals surface area contributed by atoms with E-state index in [1.807, 2.05) is 24.3 Å². The fourth-order valence-electron chi connectivity index (χ4n) is 2.57. The molecule has 1 aliphatic heterocycles. The highest BCUT2D eigenvalue weighted by Gasteiger charge is 2.13. The molecule has 130 valence electrons. The Morgan fingerprint density at radius 1 is 1.35 bits per heavy atom. The SMILES string of the molecule is CC(C)COc1ccc(CC(=O)NCC2CCCNC2)cc1.Cl. The van der Waals surface area contributed by atoms with Gasteiger partial charge >= 0.3 is 0 Å². The molecule has 5 heteroatoms. The first kappa shape index (κ1) is 19.8. The van der Waals surface area contributed by atoms with Crippen molar-refractivity contribution in [1.29, 1.82) is 0 Å². The van der Waals surface area contributed by atoms with E-state index in [-0.39, 0.29) is 18.3 Å². The van der Waals surface area contributed by atoms with Gasteiger partial charge in [-0.25, -0.2) is 0 Å². The van der Waals surface area contributed by atoms with Crippen LogP contribution in [0.25, 0.3) is 0 Å². The number of nitrogens with one attached hydrogen (secondary N) is 2. The van der Waals surface area contributed by atoms with E-state index in [0.717, 1.165) is 37.6 Å². The van der Waals surface area contributed by atoms with Crippen LogP contribution in [-0.4, -0.2) is 32.1 Å². The second kappa shape index (κ2) is 10.5. The minimum absolute atomic E-state index is 0. The van der Waals surface area contributed by atoms with Gasteiger partial charge in [-0.3, -0.25) is 4.79 Å². The van der Waals surface area contributed by atoms with Gasteiger partial charge in [-0.15, -0.1) is 12.4 Å². The summed E-state index contributed by atoms with van der Waals surface area (Å²) in [7, 11) is 0. The number of piperidine rings is 1. The number of ether oxygens (including phenoxy) is 1. The predicted octanol–water partition coefficient (Wildman–Crippen LogP) is 2.80. The zero-order valence-corrected chi connectivity index (χ0v) is 15.0. The summed E-state index contributed by atoms with van der Waals surface area (Å²) in [5.74, 6) is 2.05. The van der Waals surface area contributed by atoms with Crippen molar-refractivity contribution in [2.45, 2.75) is 33.1 Å². The highest BCUT2D eigenvalue weighted by Crippen LogP contribution is 2.14. The molecule has 0 bridgehead atoms. The van der Waals surface area contributed by atoms with Crippen molar-refractivity contribution in [2.24, 2.45) is 11.8 Å². The first-order valence-electron chi connectivity index (χ1n) is 8.32. The highest BCUT2D eigenvalue weighted by atomic mass is 35.5. The minimum Gasteiger partial charge on any atom is -0.493 e. The molecule has 0 saturated carbocycles. The van der Waals surface area contributed by atoms with E-state index in [9.17, 15) is 4.79 Å². The van der Waals surface area contributed by atoms with Crippen molar-refractivity contribution in [1.82, 2.24) is 10.6 Å². The number of halogens is 1. The van der Waals surface area contributed by atoms with Crippen LogP contribution in [0.4, 0.5) is 0 Å². The van der Waals surface area contributed by atoms with E-state index in [2.05, 4.69) is 24.5 Å². The molecule has 2 N–H and O–H groups in total. The van der Waals surface area contributed by atoms with Gasteiger partial charge in [0.1, 0.15) is 5.75 Å². The van der Waals surface area contributed by atoms with Gasteiger partial charge in [-0.05, 0) is 55.5 Å². The lowest BCUT2D eigenvalue weighted by Gasteiger charge is -2.22. The van der Waals surface area contributed by atoms with Gasteiger partial charge in [0.15, 0.2) is 0 Å². The first-order valence-corrected chi connectivity index (χ1v) is 8.32. The second-order valence-electron chi connectivity index (χ2n) is 6.54. The van der Waals surface area contributed by atoms with Gasteiger partial charge in [0.05, 0.1) is 13.0 Å². The number of hydrogen-bond donors (Lipinski definition) is 2. The third-order valence-corrected chi connectivity index (χ3v) is 3.86. The average molecular weight is 341 g/mol. The average Bonchev–Trinajstić information content (AvgIpc) is 2.53. The molecule has 23 heavy (non-hydrogen) atoms. The van der Waals surface area contributed by atoms with E-state index in [0.29, 0.717) is 18.3 Å². The molecule has 4 nitrogen and oxygen atoms in total. The smallest absolute Gasteiger partial charge is 0.224 e. The van der Waals surface area contributed by atoms with Gasteiger partial charge in [-0.2, -0.15) is 0 Å². The molecule has 1 aliphatic rings. The maximum Gasteiger partial charge on any atom is 0.224 e. The summed E-state index contributed by atoms with van der Waals surface area (Å²) in [4.78, 5) is 12.0. The number of amides is 1. The highest BCUT2D eigenvalue weighted by molar-refractivity contribution is 5.85. The van der Waals surface area contributed by atoms with Gasteiger partial charge < -0.3 is 15.4 Å². The van der Waals surface area contributed by atoms with E-state index in [4.69, 9.17) is 4.74 Å². The summed E-state index contributed by atoms with van der Waals surface area (Å²) in [5, 5.41) is 6.41. The van der Waals surface area contributed by atoms with Crippen molar-refractivity contribution < 1.29 is 9.53 Å². The van der Waals surface area contributed by atoms with Crippen molar-refractivity contribution in [3.8, 4) is 5.75 Å². The van der Waals surface area contributed by atoms with Crippen LogP contribution < -0.4 is 15.4 Å². The van der Waals surface area contributed by atoms with E-state index in [1.165, 1.54) is 12.8 Å². The number of rotatable bonds is 7. The molecular formula is C18H29ClN2O2. The molecule has 1 aromatic carbocycles. The topological polar surface area (TPSA) is 50.4 Å². The molecule has 0 spiro atoms. The molecule has 0 aromatic heterocycles. The Hall–Kier alpha value is -1.26. The fourth-order valence-corrected chi connectivity index (χ4v) is 2.57. The molecule has 1 fully saturated rings. The van der Waals surface area contributed by atoms with Crippen LogP contribution in [0, 0.1) is 11.8 Å². The van der Waals surface area contributed by atoms with Gasteiger partial charge in [-0.1, -0.05) is 26.0 Å². The van der Waals surface area contributed by atoms with Crippen LogP contribution in [0.15, 0.2) is 24.3 Å². The molecular weight excluding hydrogens is 312 g/mol. The number of hydrogen-bond acceptors (Lipinski definition) is 3. The summed E-state index contributed by atoms with van der Waals surface area (Å²) < 4.78 is 5.65. The van der Waals surface area contributed by atoms with Gasteiger partial charge in [0.2, 0.25) is 5.91 Å². The molecule has 2 rings (SSSR count). The van der Waals surface area contributed by atoms with E-state index in [1.54, 1.807) is 0 Å². The Balaban J connectivity index is 0.00000264. The lowest BCUT2D eigenvalue weighted by molar-refractivity contribution is -0.120. The van der Waals surface area contributed by atoms with Crippen molar-refractivity contribution >= 4 is 18.3 Å². The van der Waals surface area contributed by atoms with Crippen molar-refractivity contribution in [3.05, 3.63) is 29.8 Å². The summed E-state index contributed by atoms with van der Waals surface area (Å²) in [6, 6.07) is 7.82. The summed E-state index contributed by atoms with van der Waals surface area (Å²) in [6.45, 7) is 7.87. The molecule has 0 radical (unpaired) electrons. The maximum absolute atomic E-state index is 12.0. The van der Waals surface area contributed by atoms with E-state index >= 15 is 0 Å². The quantitative estimate of drug-likeness (QED) is 0.802. The third-order valence-electron chi connectivity index (χ3n) is 3.86. The van der Waals surface area contributed by atoms with Crippen LogP contribution in [-0.2, 0) is 11.2 Å². The van der Waals surface area contributed by atoms with Gasteiger partial charge in [0, 0.05) is 6.54 Å². The zero-order chi connectivity index (χ0) is 15.8. The van der Waals surface area contributed by atoms with Crippen LogP contribution in [0.1, 0.15) is 32.3 Å². The first-order chi connectivity index (χ1) is 10.6. The molecule has 1 atom stereocenters. The standard InChI is InChI=1S/C18H28N2O2.ClH/c1-14(2)13-22-17-7-5-15(6-8-17)10-18(21)20-12-16-4-3-9-19-11-16;/h5-8,14,16,19H,3-4,9-13H2,1-2H3,(H,20,21);1H. The minimum atomic E-state index is 0. The summed E-state index contributed by atoms with van der Waals surface area (Å²) in [5.41, 5.74) is 1.02. The lowest BCUT2D eigenvalue weighted by atomic mass is 10.00. The lowest BCUT2D eigenvalue weighted by Crippen LogP contribution is -2.38. The molecule has 1 saturated heterocycles. The number of carbonyl (C=O) groups excluding carboxylic acids is 1. The Labute approximate surface area is 145 Å². The zero-order valence-electron chi connectivity index (χ0n) is 14.1.